The van der Waals surface area contributed by atoms with Gasteiger partial charge in [0.2, 0.25) is 0 Å². The third-order valence-electron chi connectivity index (χ3n) is 7.88. The third kappa shape index (κ3) is 6.86. The molecule has 39 heteroatoms. The second-order valence-electron chi connectivity index (χ2n) is 12.0. The van der Waals surface area contributed by atoms with Gasteiger partial charge in [-0.2, -0.15) is 167 Å². The first-order valence-electron chi connectivity index (χ1n) is 13.6. The minimum absolute atomic E-state index is 1.78. The highest BCUT2D eigenvalue weighted by molar-refractivity contribution is 5.41. The van der Waals surface area contributed by atoms with Crippen molar-refractivity contribution in [2.24, 2.45) is 0 Å². The Balaban J connectivity index is 4.15. The number of halogens is 38. The minimum atomic E-state index is -9.68. The van der Waals surface area contributed by atoms with E-state index in [9.17, 15) is 167 Å². The van der Waals surface area contributed by atoms with E-state index in [1.54, 1.807) is 0 Å². The van der Waals surface area contributed by atoms with Crippen molar-refractivity contribution in [3.05, 3.63) is 29.3 Å². The molecule has 1 nitrogen and oxygen atoms in total. The van der Waals surface area contributed by atoms with Crippen molar-refractivity contribution in [1.29, 1.82) is 0 Å². The van der Waals surface area contributed by atoms with Crippen LogP contribution in [0.2, 0.25) is 0 Å². The lowest BCUT2D eigenvalue weighted by Gasteiger charge is -2.44. The van der Waals surface area contributed by atoms with E-state index in [1.165, 1.54) is 0 Å². The van der Waals surface area contributed by atoms with Gasteiger partial charge in [-0.05, 0) is 18.2 Å². The molecule has 0 aliphatic rings. The van der Waals surface area contributed by atoms with Crippen molar-refractivity contribution in [1.82, 2.24) is 0 Å². The summed E-state index contributed by atoms with van der Waals surface area (Å²) in [7, 11) is 0. The third-order valence-corrected chi connectivity index (χ3v) is 7.88. The lowest BCUT2D eigenvalue weighted by atomic mass is 9.84. The highest BCUT2D eigenvalue weighted by Gasteiger charge is 2.98. The Morgan fingerprint density at radius 2 is 0.349 bits per heavy atom. The van der Waals surface area contributed by atoms with Crippen LogP contribution in [0, 0.1) is 0 Å². The molecular formula is C24H4F38O. The molecule has 0 heterocycles. The SMILES string of the molecule is Oc1cc(C(F)(F)C(F)(F)C(F)(F)C(F)(F)C(F)(F)C(F)(F)C(F)(F)C(F)(F)C(F)(F)F)cc(C(F)(F)C(F)(F)C(F)(F)C(F)(F)C(F)(F)C(F)(F)C(F)(F)C(F)(F)C(F)(F)F)c1. The molecule has 1 aromatic carbocycles. The molecule has 0 aliphatic carbocycles. The standard InChI is InChI=1S/C24H4F38O/c25-7(26,9(29,30)11(33,34)13(37,38)15(41,42)17(45,46)19(49,50)21(53,54)23(57,58)59)4-1-5(3-6(63)2-4)8(27,28)10(31,32)12(35,36)14(39,40)16(43,44)18(47,48)20(51,52)22(55,56)24(60,61)62/h1-3,63H. The molecule has 63 heavy (non-hydrogen) atoms. The molecule has 0 amide bonds. The van der Waals surface area contributed by atoms with Gasteiger partial charge in [0.15, 0.2) is 0 Å². The quantitative estimate of drug-likeness (QED) is 0.164. The molecule has 0 atom stereocenters. The van der Waals surface area contributed by atoms with Crippen LogP contribution in [0.3, 0.4) is 0 Å². The Morgan fingerprint density at radius 3 is 0.508 bits per heavy atom. The van der Waals surface area contributed by atoms with E-state index in [0.29, 0.717) is 0 Å². The first-order valence-corrected chi connectivity index (χ1v) is 13.6. The number of phenolic OH excluding ortho intramolecular Hbond substituents is 1. The summed E-state index contributed by atoms with van der Waals surface area (Å²) in [6, 6.07) is -6.05. The molecule has 0 fully saturated rings. The van der Waals surface area contributed by atoms with E-state index in [0.717, 1.165) is 0 Å². The van der Waals surface area contributed by atoms with Crippen molar-refractivity contribution in [3.8, 4) is 5.75 Å². The molecule has 1 aromatic rings. The van der Waals surface area contributed by atoms with Gasteiger partial charge < -0.3 is 5.11 Å². The predicted molar refractivity (Wildman–Crippen MR) is 117 cm³/mol. The van der Waals surface area contributed by atoms with E-state index in [2.05, 4.69) is 0 Å². The van der Waals surface area contributed by atoms with Crippen molar-refractivity contribution in [2.75, 3.05) is 0 Å². The number of aromatic hydroxyl groups is 1. The molecule has 0 saturated heterocycles. The molecule has 1 N–H and O–H groups in total. The highest BCUT2D eigenvalue weighted by Crippen LogP contribution is 2.69. The highest BCUT2D eigenvalue weighted by atomic mass is 19.4. The normalized spacial score (nSPS) is 16.8. The van der Waals surface area contributed by atoms with Crippen LogP contribution < -0.4 is 0 Å². The fourth-order valence-electron chi connectivity index (χ4n) is 4.06. The smallest absolute Gasteiger partial charge is 0.460 e. The van der Waals surface area contributed by atoms with Gasteiger partial charge in [0.05, 0.1) is 0 Å². The molecule has 0 saturated carbocycles. The number of hydrogen-bond acceptors (Lipinski definition) is 1. The summed E-state index contributed by atoms with van der Waals surface area (Å²) in [6.07, 6.45) is -16.7. The van der Waals surface area contributed by atoms with Crippen molar-refractivity contribution in [2.45, 2.75) is 107 Å². The molecule has 0 aromatic heterocycles. The number of phenols is 1. The number of rotatable bonds is 16. The monoisotopic (exact) mass is 1030 g/mol. The van der Waals surface area contributed by atoms with Crippen LogP contribution in [0.15, 0.2) is 18.2 Å². The van der Waals surface area contributed by atoms with Gasteiger partial charge in [-0.25, -0.2) is 0 Å². The maximum atomic E-state index is 14.7. The molecule has 0 aliphatic heterocycles. The van der Waals surface area contributed by atoms with Crippen LogP contribution in [0.4, 0.5) is 167 Å². The molecule has 372 valence electrons. The Morgan fingerprint density at radius 1 is 0.206 bits per heavy atom. The Bertz CT molecular complexity index is 1710. The van der Waals surface area contributed by atoms with Gasteiger partial charge in [0.1, 0.15) is 5.75 Å². The molecule has 0 radical (unpaired) electrons. The largest absolute Gasteiger partial charge is 0.508 e. The van der Waals surface area contributed by atoms with E-state index in [4.69, 9.17) is 5.11 Å². The Labute approximate surface area is 315 Å². The van der Waals surface area contributed by atoms with Crippen LogP contribution in [0.1, 0.15) is 11.1 Å². The fourth-order valence-corrected chi connectivity index (χ4v) is 4.06. The van der Waals surface area contributed by atoms with E-state index in [-0.39, 0.29) is 0 Å². The predicted octanol–water partition coefficient (Wildman–Crippen LogP) is 13.6. The molecule has 0 bridgehead atoms. The van der Waals surface area contributed by atoms with E-state index >= 15 is 0 Å². The average Bonchev–Trinajstić information content (AvgIpc) is 3.05. The lowest BCUT2D eigenvalue weighted by Crippen LogP contribution is -2.75. The summed E-state index contributed by atoms with van der Waals surface area (Å²) in [4.78, 5) is 0. The zero-order chi connectivity index (χ0) is 51.9. The van der Waals surface area contributed by atoms with Crippen LogP contribution in [-0.2, 0) is 11.8 Å². The van der Waals surface area contributed by atoms with Crippen molar-refractivity contribution >= 4 is 0 Å². The topological polar surface area (TPSA) is 20.2 Å². The molecule has 0 spiro atoms. The summed E-state index contributed by atoms with van der Waals surface area (Å²) in [5, 5.41) is 9.15. The van der Waals surface area contributed by atoms with Crippen LogP contribution in [0.25, 0.3) is 0 Å². The maximum absolute atomic E-state index is 14.7. The Kier molecular flexibility index (Phi) is 12.9. The summed E-state index contributed by atoms with van der Waals surface area (Å²) < 4.78 is 517. The van der Waals surface area contributed by atoms with Gasteiger partial charge in [-0.1, -0.05) is 0 Å². The van der Waals surface area contributed by atoms with Gasteiger partial charge in [-0.15, -0.1) is 0 Å². The van der Waals surface area contributed by atoms with Gasteiger partial charge in [0.25, 0.3) is 0 Å². The molecule has 0 unspecified atom stereocenters. The summed E-state index contributed by atoms with van der Waals surface area (Å²) in [5.74, 6) is -151. The zero-order valence-corrected chi connectivity index (χ0v) is 27.0. The van der Waals surface area contributed by atoms with Crippen LogP contribution in [0.5, 0.6) is 5.75 Å². The molecule has 1 rings (SSSR count). The van der Waals surface area contributed by atoms with Crippen LogP contribution in [-0.4, -0.2) is 100 Å². The zero-order valence-electron chi connectivity index (χ0n) is 27.0. The first-order chi connectivity index (χ1) is 26.6. The first kappa shape index (κ1) is 57.4. The average molecular weight is 1030 g/mol. The number of hydrogen-bond donors (Lipinski definition) is 1. The van der Waals surface area contributed by atoms with Crippen molar-refractivity contribution in [3.63, 3.8) is 0 Å². The second-order valence-corrected chi connectivity index (χ2v) is 12.0. The lowest BCUT2D eigenvalue weighted by molar-refractivity contribution is -0.469. The van der Waals surface area contributed by atoms with Crippen LogP contribution >= 0.6 is 0 Å². The van der Waals surface area contributed by atoms with Gasteiger partial charge in [0, 0.05) is 11.1 Å². The maximum Gasteiger partial charge on any atom is 0.460 e. The summed E-state index contributed by atoms with van der Waals surface area (Å²) >= 11 is 0. The number of benzene rings is 1. The van der Waals surface area contributed by atoms with Crippen molar-refractivity contribution < 1.29 is 172 Å². The van der Waals surface area contributed by atoms with Gasteiger partial charge in [-0.3, -0.25) is 0 Å². The Hall–Kier alpha value is -3.64. The number of alkyl halides is 38. The fraction of sp³-hybridized carbons (Fsp3) is 0.750. The van der Waals surface area contributed by atoms with Gasteiger partial charge >= 0.3 is 107 Å². The molecular weight excluding hydrogens is 1030 g/mol. The second kappa shape index (κ2) is 14.2. The van der Waals surface area contributed by atoms with E-state index < -0.39 is 142 Å². The summed E-state index contributed by atoms with van der Waals surface area (Å²) in [6.45, 7) is 0. The summed E-state index contributed by atoms with van der Waals surface area (Å²) in [5.41, 5.74) is -8.67. The van der Waals surface area contributed by atoms with E-state index in [1.807, 2.05) is 0 Å². The minimum Gasteiger partial charge on any atom is -0.508 e.